The average molecular weight is 418 g/mol. The smallest absolute Gasteiger partial charge is 0.407 e. The molecule has 1 aliphatic carbocycles. The molecule has 0 bridgehead atoms. The summed E-state index contributed by atoms with van der Waals surface area (Å²) in [5.74, 6) is 2.97. The summed E-state index contributed by atoms with van der Waals surface area (Å²) in [4.78, 5) is 35.8. The maximum atomic E-state index is 12.1. The predicted octanol–water partition coefficient (Wildman–Crippen LogP) is 2.63. The molecule has 0 saturated carbocycles. The second-order valence-corrected chi connectivity index (χ2v) is 6.85. The fraction of sp³-hybridized carbons (Fsp3) is 0.208. The summed E-state index contributed by atoms with van der Waals surface area (Å²) in [7, 11) is 0. The number of rotatable bonds is 7. The van der Waals surface area contributed by atoms with Gasteiger partial charge in [0.05, 0.1) is 6.54 Å². The SMILES string of the molecule is C=CCN(CC(=O)O)C(=O)C#CCNC(=O)OCC1c2ccccc2-c2ccccc21. The normalized spacial score (nSPS) is 11.4. The fourth-order valence-corrected chi connectivity index (χ4v) is 3.50. The first-order chi connectivity index (χ1) is 15.0. The van der Waals surface area contributed by atoms with Crippen molar-refractivity contribution >= 4 is 18.0 Å². The molecule has 0 spiro atoms. The highest BCUT2D eigenvalue weighted by Crippen LogP contribution is 2.44. The second kappa shape index (κ2) is 10.1. The van der Waals surface area contributed by atoms with E-state index in [1.54, 1.807) is 0 Å². The van der Waals surface area contributed by atoms with E-state index in [-0.39, 0.29) is 25.6 Å². The molecule has 2 aromatic rings. The molecule has 0 fully saturated rings. The number of carboxylic acid groups (broad SMARTS) is 1. The van der Waals surface area contributed by atoms with E-state index in [4.69, 9.17) is 9.84 Å². The maximum absolute atomic E-state index is 12.1. The van der Waals surface area contributed by atoms with E-state index < -0.39 is 24.5 Å². The van der Waals surface area contributed by atoms with E-state index in [0.717, 1.165) is 27.2 Å². The van der Waals surface area contributed by atoms with E-state index in [1.165, 1.54) is 6.08 Å². The van der Waals surface area contributed by atoms with E-state index in [9.17, 15) is 14.4 Å². The molecule has 3 rings (SSSR count). The average Bonchev–Trinajstić information content (AvgIpc) is 3.08. The molecule has 2 aromatic carbocycles. The molecule has 0 aliphatic heterocycles. The minimum absolute atomic E-state index is 0.0470. The number of nitrogens with zero attached hydrogens (tertiary/aromatic N) is 1. The van der Waals surface area contributed by atoms with Gasteiger partial charge in [0, 0.05) is 12.5 Å². The summed E-state index contributed by atoms with van der Waals surface area (Å²) >= 11 is 0. The minimum atomic E-state index is -1.14. The van der Waals surface area contributed by atoms with Crippen molar-refractivity contribution in [2.75, 3.05) is 26.2 Å². The van der Waals surface area contributed by atoms with Crippen molar-refractivity contribution in [1.82, 2.24) is 10.2 Å². The summed E-state index contributed by atoms with van der Waals surface area (Å²) in [6.45, 7) is 3.16. The van der Waals surface area contributed by atoms with Crippen molar-refractivity contribution in [1.29, 1.82) is 0 Å². The largest absolute Gasteiger partial charge is 0.480 e. The highest BCUT2D eigenvalue weighted by atomic mass is 16.5. The Kier molecular flexibility index (Phi) is 7.07. The van der Waals surface area contributed by atoms with Gasteiger partial charge in [0.15, 0.2) is 0 Å². The fourth-order valence-electron chi connectivity index (χ4n) is 3.50. The molecule has 2 amide bonds. The molecule has 7 heteroatoms. The number of alkyl carbamates (subject to hydrolysis) is 1. The Hall–Kier alpha value is -4.05. The molecule has 0 unspecified atom stereocenters. The van der Waals surface area contributed by atoms with Gasteiger partial charge in [-0.15, -0.1) is 6.58 Å². The Labute approximate surface area is 180 Å². The Bertz CT molecular complexity index is 1020. The maximum Gasteiger partial charge on any atom is 0.407 e. The van der Waals surface area contributed by atoms with Gasteiger partial charge in [0.2, 0.25) is 0 Å². The molecule has 0 aromatic heterocycles. The summed E-state index contributed by atoms with van der Waals surface area (Å²) in [6, 6.07) is 16.1. The summed E-state index contributed by atoms with van der Waals surface area (Å²) in [5.41, 5.74) is 4.51. The van der Waals surface area contributed by atoms with Crippen molar-refractivity contribution in [2.45, 2.75) is 5.92 Å². The zero-order valence-corrected chi connectivity index (χ0v) is 16.8. The van der Waals surface area contributed by atoms with Crippen LogP contribution in [0.3, 0.4) is 0 Å². The topological polar surface area (TPSA) is 95.9 Å². The van der Waals surface area contributed by atoms with Gasteiger partial charge >= 0.3 is 12.1 Å². The second-order valence-electron chi connectivity index (χ2n) is 6.85. The van der Waals surface area contributed by atoms with Crippen LogP contribution in [-0.4, -0.2) is 54.2 Å². The van der Waals surface area contributed by atoms with Crippen molar-refractivity contribution in [2.24, 2.45) is 0 Å². The zero-order valence-electron chi connectivity index (χ0n) is 16.8. The van der Waals surface area contributed by atoms with E-state index >= 15 is 0 Å². The molecular weight excluding hydrogens is 396 g/mol. The quantitative estimate of drug-likeness (QED) is 0.532. The van der Waals surface area contributed by atoms with Crippen LogP contribution < -0.4 is 5.32 Å². The molecule has 1 aliphatic rings. The summed E-state index contributed by atoms with van der Waals surface area (Å²) < 4.78 is 5.38. The van der Waals surface area contributed by atoms with Crippen molar-refractivity contribution in [3.05, 3.63) is 72.3 Å². The first-order valence-corrected chi connectivity index (χ1v) is 9.70. The van der Waals surface area contributed by atoms with Gasteiger partial charge in [-0.2, -0.15) is 0 Å². The highest BCUT2D eigenvalue weighted by Gasteiger charge is 2.28. The Balaban J connectivity index is 1.53. The van der Waals surface area contributed by atoms with E-state index in [1.807, 2.05) is 36.4 Å². The van der Waals surface area contributed by atoms with Crippen molar-refractivity contribution < 1.29 is 24.2 Å². The van der Waals surface area contributed by atoms with Crippen LogP contribution >= 0.6 is 0 Å². The molecule has 31 heavy (non-hydrogen) atoms. The molecule has 0 radical (unpaired) electrons. The van der Waals surface area contributed by atoms with Gasteiger partial charge in [-0.25, -0.2) is 4.79 Å². The number of hydrogen-bond acceptors (Lipinski definition) is 4. The van der Waals surface area contributed by atoms with E-state index in [2.05, 4.69) is 35.9 Å². The number of carbonyl (C=O) groups is 3. The van der Waals surface area contributed by atoms with Gasteiger partial charge in [-0.1, -0.05) is 60.5 Å². The Morgan fingerprint density at radius 1 is 1.10 bits per heavy atom. The van der Waals surface area contributed by atoms with Gasteiger partial charge in [-0.3, -0.25) is 9.59 Å². The molecule has 2 N–H and O–H groups in total. The Morgan fingerprint density at radius 3 is 2.29 bits per heavy atom. The van der Waals surface area contributed by atoms with Gasteiger partial charge in [-0.05, 0) is 28.2 Å². The van der Waals surface area contributed by atoms with Crippen LogP contribution in [0.2, 0.25) is 0 Å². The summed E-state index contributed by atoms with van der Waals surface area (Å²) in [5, 5.41) is 11.3. The van der Waals surface area contributed by atoms with Crippen molar-refractivity contribution in [3.63, 3.8) is 0 Å². The molecule has 0 saturated heterocycles. The number of aliphatic carboxylic acids is 1. The number of nitrogens with one attached hydrogen (secondary N) is 1. The summed E-state index contributed by atoms with van der Waals surface area (Å²) in [6.07, 6.45) is 0.773. The lowest BCUT2D eigenvalue weighted by Crippen LogP contribution is -2.35. The lowest BCUT2D eigenvalue weighted by atomic mass is 9.98. The van der Waals surface area contributed by atoms with E-state index in [0.29, 0.717) is 0 Å². The third-order valence-electron chi connectivity index (χ3n) is 4.82. The molecule has 158 valence electrons. The number of ether oxygens (including phenoxy) is 1. The van der Waals surface area contributed by atoms with Crippen LogP contribution in [0.1, 0.15) is 17.0 Å². The molecule has 7 nitrogen and oxygen atoms in total. The molecule has 0 atom stereocenters. The van der Waals surface area contributed by atoms with Crippen LogP contribution in [0.15, 0.2) is 61.2 Å². The predicted molar refractivity (Wildman–Crippen MR) is 115 cm³/mol. The van der Waals surface area contributed by atoms with Crippen molar-refractivity contribution in [3.8, 4) is 23.0 Å². The monoisotopic (exact) mass is 418 g/mol. The number of hydrogen-bond donors (Lipinski definition) is 2. The third-order valence-corrected chi connectivity index (χ3v) is 4.82. The lowest BCUT2D eigenvalue weighted by molar-refractivity contribution is -0.142. The standard InChI is InChI=1S/C24H22N2O5/c1-2-14-26(15-23(28)29)22(27)12-7-13-25-24(30)31-16-21-19-10-5-3-8-17(19)18-9-4-6-11-20(18)21/h2-6,8-11,21H,1,13-16H2,(H,25,30)(H,28,29). The molecule has 0 heterocycles. The lowest BCUT2D eigenvalue weighted by Gasteiger charge is -2.15. The van der Waals surface area contributed by atoms with Crippen LogP contribution in [0.4, 0.5) is 4.79 Å². The number of fused-ring (bicyclic) bond motifs is 3. The minimum Gasteiger partial charge on any atom is -0.480 e. The highest BCUT2D eigenvalue weighted by molar-refractivity contribution is 5.95. The van der Waals surface area contributed by atoms with Crippen LogP contribution in [0.5, 0.6) is 0 Å². The van der Waals surface area contributed by atoms with Gasteiger partial charge in [0.25, 0.3) is 5.91 Å². The number of carbonyl (C=O) groups excluding carboxylic acids is 2. The third kappa shape index (κ3) is 5.31. The van der Waals surface area contributed by atoms with Crippen LogP contribution in [0.25, 0.3) is 11.1 Å². The first-order valence-electron chi connectivity index (χ1n) is 9.70. The Morgan fingerprint density at radius 2 is 1.71 bits per heavy atom. The number of amides is 2. The zero-order chi connectivity index (χ0) is 22.2. The number of carboxylic acids is 1. The first kappa shape index (κ1) is 21.7. The van der Waals surface area contributed by atoms with Gasteiger partial charge < -0.3 is 20.1 Å². The number of benzene rings is 2. The molecular formula is C24H22N2O5. The van der Waals surface area contributed by atoms with Gasteiger partial charge in [0.1, 0.15) is 13.2 Å². The van der Waals surface area contributed by atoms with Crippen LogP contribution in [0, 0.1) is 11.8 Å². The van der Waals surface area contributed by atoms with Crippen LogP contribution in [-0.2, 0) is 14.3 Å².